The summed E-state index contributed by atoms with van der Waals surface area (Å²) < 4.78 is 0. The summed E-state index contributed by atoms with van der Waals surface area (Å²) in [5.41, 5.74) is -0.127. The Hall–Kier alpha value is 0.476. The van der Waals surface area contributed by atoms with Gasteiger partial charge in [-0.05, 0) is 18.2 Å². The van der Waals surface area contributed by atoms with E-state index in [-0.39, 0.29) is 62.7 Å². The monoisotopic (exact) mass is 210 g/mol. The molecule has 1 aromatic rings. The van der Waals surface area contributed by atoms with Gasteiger partial charge >= 0.3 is 57.4 Å². The molecule has 0 amide bonds. The van der Waals surface area contributed by atoms with Gasteiger partial charge in [-0.25, -0.2) is 4.79 Å². The molecule has 0 unspecified atom stereocenters. The second-order valence-corrected chi connectivity index (χ2v) is 2.52. The molecular formula is C7H7KO3S. The number of carbonyl (C=O) groups is 1. The summed E-state index contributed by atoms with van der Waals surface area (Å²) in [6.07, 6.45) is 0. The van der Waals surface area contributed by atoms with E-state index in [1.165, 1.54) is 18.2 Å². The Morgan fingerprint density at radius 1 is 1.42 bits per heavy atom. The van der Waals surface area contributed by atoms with Crippen LogP contribution in [0.1, 0.15) is 10.4 Å². The Labute approximate surface area is 118 Å². The van der Waals surface area contributed by atoms with Crippen LogP contribution < -0.4 is 0 Å². The zero-order chi connectivity index (χ0) is 8.43. The van der Waals surface area contributed by atoms with E-state index in [0.717, 1.165) is 0 Å². The third-order valence-corrected chi connectivity index (χ3v) is 1.49. The normalized spacial score (nSPS) is 8.75. The van der Waals surface area contributed by atoms with E-state index >= 15 is 0 Å². The molecule has 0 aromatic heterocycles. The van der Waals surface area contributed by atoms with E-state index in [1.54, 1.807) is 0 Å². The second kappa shape index (κ2) is 5.26. The van der Waals surface area contributed by atoms with Crippen LogP contribution in [0.2, 0.25) is 0 Å². The third-order valence-electron chi connectivity index (χ3n) is 1.21. The average Bonchev–Trinajstić information content (AvgIpc) is 1.94. The van der Waals surface area contributed by atoms with Gasteiger partial charge in [-0.3, -0.25) is 0 Å². The molecule has 0 saturated carbocycles. The fraction of sp³-hybridized carbons (Fsp3) is 0. The summed E-state index contributed by atoms with van der Waals surface area (Å²) in [4.78, 5) is 10.9. The van der Waals surface area contributed by atoms with Gasteiger partial charge in [0.05, 0.1) is 0 Å². The van der Waals surface area contributed by atoms with E-state index in [0.29, 0.717) is 4.90 Å². The molecule has 0 heterocycles. The van der Waals surface area contributed by atoms with Gasteiger partial charge in [0.1, 0.15) is 11.3 Å². The first kappa shape index (κ1) is 12.5. The molecule has 12 heavy (non-hydrogen) atoms. The van der Waals surface area contributed by atoms with Crippen LogP contribution in [-0.4, -0.2) is 67.6 Å². The molecule has 0 radical (unpaired) electrons. The number of thiol groups is 1. The van der Waals surface area contributed by atoms with Crippen molar-refractivity contribution in [2.75, 3.05) is 0 Å². The molecule has 5 heteroatoms. The van der Waals surface area contributed by atoms with Crippen molar-refractivity contribution in [2.45, 2.75) is 4.90 Å². The SMILES string of the molecule is O=C(O)c1cc(S)ccc1O.[KH]. The number of phenols is 1. The van der Waals surface area contributed by atoms with Crippen molar-refractivity contribution >= 4 is 70.0 Å². The first-order valence-electron chi connectivity index (χ1n) is 2.86. The van der Waals surface area contributed by atoms with Crippen LogP contribution in [0.15, 0.2) is 23.1 Å². The molecule has 0 aliphatic rings. The molecule has 0 atom stereocenters. The summed E-state index contributed by atoms with van der Waals surface area (Å²) in [6.45, 7) is 0. The van der Waals surface area contributed by atoms with E-state index in [2.05, 4.69) is 12.6 Å². The van der Waals surface area contributed by atoms with Gasteiger partial charge in [-0.15, -0.1) is 12.6 Å². The predicted octanol–water partition coefficient (Wildman–Crippen LogP) is 0.731. The zero-order valence-electron chi connectivity index (χ0n) is 5.48. The Kier molecular flexibility index (Phi) is 5.47. The topological polar surface area (TPSA) is 57.5 Å². The van der Waals surface area contributed by atoms with Crippen molar-refractivity contribution < 1.29 is 15.0 Å². The van der Waals surface area contributed by atoms with Gasteiger partial charge in [0.15, 0.2) is 0 Å². The molecule has 1 aromatic carbocycles. The summed E-state index contributed by atoms with van der Waals surface area (Å²) in [5.74, 6) is -1.39. The van der Waals surface area contributed by atoms with E-state index in [4.69, 9.17) is 10.2 Å². The standard InChI is InChI=1S/C7H6O3S.K.H/c8-6-2-1-4(11)3-5(6)7(9)10;;/h1-3,8,11H,(H,9,10);;. The maximum atomic E-state index is 10.4. The fourth-order valence-electron chi connectivity index (χ4n) is 0.695. The van der Waals surface area contributed by atoms with Crippen LogP contribution in [0, 0.1) is 0 Å². The van der Waals surface area contributed by atoms with Crippen LogP contribution in [0.3, 0.4) is 0 Å². The first-order chi connectivity index (χ1) is 5.11. The maximum absolute atomic E-state index is 10.4. The van der Waals surface area contributed by atoms with Crippen LogP contribution in [0.4, 0.5) is 0 Å². The quantitative estimate of drug-likeness (QED) is 0.473. The Morgan fingerprint density at radius 3 is 2.42 bits per heavy atom. The van der Waals surface area contributed by atoms with Crippen molar-refractivity contribution in [1.82, 2.24) is 0 Å². The fourth-order valence-corrected chi connectivity index (χ4v) is 0.899. The molecule has 2 N–H and O–H groups in total. The summed E-state index contributed by atoms with van der Waals surface area (Å²) >= 11 is 3.92. The van der Waals surface area contributed by atoms with E-state index < -0.39 is 5.97 Å². The molecule has 0 aliphatic heterocycles. The van der Waals surface area contributed by atoms with Crippen molar-refractivity contribution in [3.63, 3.8) is 0 Å². The molecule has 3 nitrogen and oxygen atoms in total. The predicted molar refractivity (Wildman–Crippen MR) is 49.5 cm³/mol. The van der Waals surface area contributed by atoms with Crippen molar-refractivity contribution in [3.05, 3.63) is 23.8 Å². The Morgan fingerprint density at radius 2 is 2.00 bits per heavy atom. The second-order valence-electron chi connectivity index (χ2n) is 2.01. The summed E-state index contributed by atoms with van der Waals surface area (Å²) in [6, 6.07) is 4.11. The van der Waals surface area contributed by atoms with Crippen LogP contribution >= 0.6 is 12.6 Å². The van der Waals surface area contributed by atoms with Crippen LogP contribution in [-0.2, 0) is 0 Å². The molecule has 0 bridgehead atoms. The minimum atomic E-state index is -1.15. The number of aromatic hydroxyl groups is 1. The van der Waals surface area contributed by atoms with E-state index in [1.807, 2.05) is 0 Å². The number of hydrogen-bond acceptors (Lipinski definition) is 3. The molecule has 0 saturated heterocycles. The molecular weight excluding hydrogens is 203 g/mol. The first-order valence-corrected chi connectivity index (χ1v) is 3.31. The summed E-state index contributed by atoms with van der Waals surface area (Å²) in [5, 5.41) is 17.5. The van der Waals surface area contributed by atoms with Gasteiger partial charge in [0.2, 0.25) is 0 Å². The number of hydrogen-bond donors (Lipinski definition) is 3. The van der Waals surface area contributed by atoms with Gasteiger partial charge in [0.25, 0.3) is 0 Å². The number of benzene rings is 1. The third kappa shape index (κ3) is 3.08. The average molecular weight is 210 g/mol. The van der Waals surface area contributed by atoms with Gasteiger partial charge < -0.3 is 10.2 Å². The van der Waals surface area contributed by atoms with E-state index in [9.17, 15) is 4.79 Å². The molecule has 1 rings (SSSR count). The minimum absolute atomic E-state index is 0. The molecule has 60 valence electrons. The van der Waals surface area contributed by atoms with Crippen LogP contribution in [0.25, 0.3) is 0 Å². The van der Waals surface area contributed by atoms with Crippen molar-refractivity contribution in [3.8, 4) is 5.75 Å². The number of rotatable bonds is 1. The number of carboxylic acids is 1. The molecule has 0 aliphatic carbocycles. The van der Waals surface area contributed by atoms with Gasteiger partial charge in [-0.2, -0.15) is 0 Å². The van der Waals surface area contributed by atoms with Crippen LogP contribution in [0.5, 0.6) is 5.75 Å². The number of aromatic carboxylic acids is 1. The summed E-state index contributed by atoms with van der Waals surface area (Å²) in [7, 11) is 0. The zero-order valence-corrected chi connectivity index (χ0v) is 6.38. The Balaban J connectivity index is 0.00000121. The van der Waals surface area contributed by atoms with Crippen molar-refractivity contribution in [2.24, 2.45) is 0 Å². The van der Waals surface area contributed by atoms with Gasteiger partial charge in [0, 0.05) is 4.90 Å². The molecule has 0 spiro atoms. The number of carboxylic acid groups (broad SMARTS) is 1. The van der Waals surface area contributed by atoms with Crippen molar-refractivity contribution in [1.29, 1.82) is 0 Å². The Bertz CT molecular complexity index is 301. The van der Waals surface area contributed by atoms with Gasteiger partial charge in [-0.1, -0.05) is 0 Å². The molecule has 0 fully saturated rings.